The number of rotatable bonds is 5. The van der Waals surface area contributed by atoms with E-state index in [0.717, 1.165) is 10.5 Å². The average molecular weight is 326 g/mol. The van der Waals surface area contributed by atoms with Gasteiger partial charge in [0.2, 0.25) is 0 Å². The largest absolute Gasteiger partial charge is 0.496 e. The third-order valence-corrected chi connectivity index (χ3v) is 4.92. The van der Waals surface area contributed by atoms with Gasteiger partial charge < -0.3 is 10.1 Å². The van der Waals surface area contributed by atoms with E-state index in [1.807, 2.05) is 30.3 Å². The number of methoxy groups -OCH3 is 1. The first-order valence-electron chi connectivity index (χ1n) is 7.45. The lowest BCUT2D eigenvalue weighted by atomic mass is 10.1. The fraction of sp³-hybridized carbons (Fsp3) is 0.222. The molecule has 4 nitrogen and oxygen atoms in total. The van der Waals surface area contributed by atoms with E-state index >= 15 is 0 Å². The fourth-order valence-electron chi connectivity index (χ4n) is 2.36. The van der Waals surface area contributed by atoms with Crippen molar-refractivity contribution in [2.24, 2.45) is 0 Å². The molecule has 118 valence electrons. The van der Waals surface area contributed by atoms with Crippen LogP contribution in [0.5, 0.6) is 5.75 Å². The number of thiazole rings is 1. The highest BCUT2D eigenvalue weighted by atomic mass is 32.1. The molecule has 23 heavy (non-hydrogen) atoms. The van der Waals surface area contributed by atoms with E-state index in [1.54, 1.807) is 30.6 Å². The molecule has 0 fully saturated rings. The van der Waals surface area contributed by atoms with Crippen molar-refractivity contribution in [1.29, 1.82) is 0 Å². The molecule has 0 saturated heterocycles. The minimum absolute atomic E-state index is 0.129. The molecule has 1 N–H and O–H groups in total. The van der Waals surface area contributed by atoms with Gasteiger partial charge in [-0.15, -0.1) is 11.3 Å². The number of carbonyl (C=O) groups is 1. The van der Waals surface area contributed by atoms with Gasteiger partial charge in [0, 0.05) is 12.5 Å². The lowest BCUT2D eigenvalue weighted by molar-refractivity contribution is 0.0948. The van der Waals surface area contributed by atoms with E-state index < -0.39 is 0 Å². The molecule has 0 aliphatic rings. The summed E-state index contributed by atoms with van der Waals surface area (Å²) in [6.07, 6.45) is 0. The first-order valence-corrected chi connectivity index (χ1v) is 8.27. The maximum absolute atomic E-state index is 12.3. The highest BCUT2D eigenvalue weighted by Crippen LogP contribution is 2.27. The molecule has 0 radical (unpaired) electrons. The summed E-state index contributed by atoms with van der Waals surface area (Å²) in [5.41, 5.74) is 1.56. The molecule has 0 aliphatic heterocycles. The molecule has 1 heterocycles. The minimum atomic E-state index is -0.129. The van der Waals surface area contributed by atoms with Crippen molar-refractivity contribution in [3.63, 3.8) is 0 Å². The molecule has 1 unspecified atom stereocenters. The Hall–Kier alpha value is -2.40. The molecular formula is C18H18N2O2S. The van der Waals surface area contributed by atoms with E-state index in [-0.39, 0.29) is 11.8 Å². The number of hydrogen-bond acceptors (Lipinski definition) is 4. The molecular weight excluding hydrogens is 308 g/mol. The van der Waals surface area contributed by atoms with Crippen molar-refractivity contribution in [2.45, 2.75) is 12.8 Å². The monoisotopic (exact) mass is 326 g/mol. The predicted molar refractivity (Wildman–Crippen MR) is 93.4 cm³/mol. The predicted octanol–water partition coefficient (Wildman–Crippen LogP) is 3.84. The van der Waals surface area contributed by atoms with E-state index in [9.17, 15) is 4.79 Å². The summed E-state index contributed by atoms with van der Waals surface area (Å²) in [6.45, 7) is 2.61. The normalized spacial score (nSPS) is 12.1. The van der Waals surface area contributed by atoms with E-state index in [1.165, 1.54) is 4.70 Å². The second-order valence-corrected chi connectivity index (χ2v) is 6.39. The first-order chi connectivity index (χ1) is 11.2. The Morgan fingerprint density at radius 3 is 2.74 bits per heavy atom. The third kappa shape index (κ3) is 3.35. The van der Waals surface area contributed by atoms with Crippen LogP contribution in [0.4, 0.5) is 0 Å². The fourth-order valence-corrected chi connectivity index (χ4v) is 3.38. The number of hydrogen-bond donors (Lipinski definition) is 1. The van der Waals surface area contributed by atoms with Gasteiger partial charge in [-0.05, 0) is 24.3 Å². The zero-order chi connectivity index (χ0) is 16.2. The zero-order valence-corrected chi connectivity index (χ0v) is 13.9. The highest BCUT2D eigenvalue weighted by molar-refractivity contribution is 7.18. The Bertz CT molecular complexity index is 796. The van der Waals surface area contributed by atoms with E-state index in [2.05, 4.69) is 23.3 Å². The summed E-state index contributed by atoms with van der Waals surface area (Å²) in [5.74, 6) is 0.610. The summed E-state index contributed by atoms with van der Waals surface area (Å²) in [4.78, 5) is 17.0. The summed E-state index contributed by atoms with van der Waals surface area (Å²) in [6, 6.07) is 15.3. The molecule has 1 atom stereocenters. The van der Waals surface area contributed by atoms with Gasteiger partial charge in [0.15, 0.2) is 0 Å². The van der Waals surface area contributed by atoms with Crippen molar-refractivity contribution < 1.29 is 9.53 Å². The van der Waals surface area contributed by atoms with Crippen LogP contribution in [0.25, 0.3) is 10.2 Å². The number of benzene rings is 2. The molecule has 0 aliphatic carbocycles. The van der Waals surface area contributed by atoms with Crippen LogP contribution < -0.4 is 10.1 Å². The number of aromatic nitrogens is 1. The van der Waals surface area contributed by atoms with Crippen LogP contribution in [0.3, 0.4) is 0 Å². The Balaban J connectivity index is 1.68. The van der Waals surface area contributed by atoms with Crippen LogP contribution in [0.1, 0.15) is 28.2 Å². The Morgan fingerprint density at radius 2 is 1.96 bits per heavy atom. The minimum Gasteiger partial charge on any atom is -0.496 e. The number of nitrogens with zero attached hydrogens (tertiary/aromatic N) is 1. The van der Waals surface area contributed by atoms with Gasteiger partial charge >= 0.3 is 0 Å². The molecule has 0 spiro atoms. The van der Waals surface area contributed by atoms with Crippen molar-refractivity contribution in [3.8, 4) is 5.75 Å². The molecule has 1 aromatic heterocycles. The van der Waals surface area contributed by atoms with Gasteiger partial charge in [0.25, 0.3) is 5.91 Å². The zero-order valence-electron chi connectivity index (χ0n) is 13.1. The van der Waals surface area contributed by atoms with Gasteiger partial charge in [-0.25, -0.2) is 4.98 Å². The average Bonchev–Trinajstić information content (AvgIpc) is 3.03. The summed E-state index contributed by atoms with van der Waals surface area (Å²) < 4.78 is 6.40. The quantitative estimate of drug-likeness (QED) is 0.775. The standard InChI is InChI=1S/C18H18N2O2S/c1-12(18-20-14-8-4-6-10-16(14)23-18)11-19-17(21)13-7-3-5-9-15(13)22-2/h3-10,12H,11H2,1-2H3,(H,19,21). The number of fused-ring (bicyclic) bond motifs is 1. The molecule has 2 aromatic carbocycles. The van der Waals surface area contributed by atoms with Crippen molar-refractivity contribution in [1.82, 2.24) is 10.3 Å². The maximum Gasteiger partial charge on any atom is 0.255 e. The molecule has 0 bridgehead atoms. The van der Waals surface area contributed by atoms with Gasteiger partial charge in [-0.3, -0.25) is 4.79 Å². The maximum atomic E-state index is 12.3. The smallest absolute Gasteiger partial charge is 0.255 e. The molecule has 3 aromatic rings. The van der Waals surface area contributed by atoms with Gasteiger partial charge in [0.05, 0.1) is 27.9 Å². The second kappa shape index (κ2) is 6.79. The molecule has 0 saturated carbocycles. The number of carbonyl (C=O) groups excluding carboxylic acids is 1. The summed E-state index contributed by atoms with van der Waals surface area (Å²) in [7, 11) is 1.57. The second-order valence-electron chi connectivity index (χ2n) is 5.33. The number of amides is 1. The van der Waals surface area contributed by atoms with Crippen molar-refractivity contribution in [2.75, 3.05) is 13.7 Å². The number of para-hydroxylation sites is 2. The number of ether oxygens (including phenoxy) is 1. The summed E-state index contributed by atoms with van der Waals surface area (Å²) >= 11 is 1.67. The van der Waals surface area contributed by atoms with E-state index in [0.29, 0.717) is 17.9 Å². The van der Waals surface area contributed by atoms with Crippen molar-refractivity contribution in [3.05, 3.63) is 59.1 Å². The van der Waals surface area contributed by atoms with E-state index in [4.69, 9.17) is 4.74 Å². The van der Waals surface area contributed by atoms with Gasteiger partial charge in [-0.1, -0.05) is 31.2 Å². The van der Waals surface area contributed by atoms with Crippen LogP contribution in [0.15, 0.2) is 48.5 Å². The third-order valence-electron chi connectivity index (χ3n) is 3.65. The Kier molecular flexibility index (Phi) is 4.57. The van der Waals surface area contributed by atoms with Crippen LogP contribution in [-0.4, -0.2) is 24.5 Å². The highest BCUT2D eigenvalue weighted by Gasteiger charge is 2.15. The van der Waals surface area contributed by atoms with Crippen molar-refractivity contribution >= 4 is 27.5 Å². The molecule has 1 amide bonds. The lowest BCUT2D eigenvalue weighted by Gasteiger charge is -2.12. The molecule has 3 rings (SSSR count). The Morgan fingerprint density at radius 1 is 1.22 bits per heavy atom. The summed E-state index contributed by atoms with van der Waals surface area (Å²) in [5, 5.41) is 4.00. The Labute approximate surface area is 139 Å². The van der Waals surface area contributed by atoms with Crippen LogP contribution in [0, 0.1) is 0 Å². The first kappa shape index (κ1) is 15.5. The van der Waals surface area contributed by atoms with Crippen LogP contribution >= 0.6 is 11.3 Å². The number of nitrogens with one attached hydrogen (secondary N) is 1. The molecule has 5 heteroatoms. The van der Waals surface area contributed by atoms with Gasteiger partial charge in [0.1, 0.15) is 5.75 Å². The SMILES string of the molecule is COc1ccccc1C(=O)NCC(C)c1nc2ccccc2s1. The van der Waals surface area contributed by atoms with Crippen LogP contribution in [0.2, 0.25) is 0 Å². The topological polar surface area (TPSA) is 51.2 Å². The van der Waals surface area contributed by atoms with Crippen LogP contribution in [-0.2, 0) is 0 Å². The van der Waals surface area contributed by atoms with Gasteiger partial charge in [-0.2, -0.15) is 0 Å². The lowest BCUT2D eigenvalue weighted by Crippen LogP contribution is -2.27.